The number of fused-ring (bicyclic) bond motifs is 1. The van der Waals surface area contributed by atoms with Gasteiger partial charge in [0.1, 0.15) is 5.82 Å². The SMILES string of the molecule is Nc1c(F)cccc1NC1CCCc2ccccc21. The van der Waals surface area contributed by atoms with E-state index >= 15 is 0 Å². The molecule has 3 rings (SSSR count). The van der Waals surface area contributed by atoms with Gasteiger partial charge in [-0.1, -0.05) is 30.3 Å². The Kier molecular flexibility index (Phi) is 3.11. The zero-order valence-electron chi connectivity index (χ0n) is 10.7. The van der Waals surface area contributed by atoms with Crippen LogP contribution in [0.5, 0.6) is 0 Å². The van der Waals surface area contributed by atoms with Crippen LogP contribution in [0.15, 0.2) is 42.5 Å². The molecule has 3 heteroatoms. The molecule has 1 aliphatic carbocycles. The number of anilines is 2. The van der Waals surface area contributed by atoms with Gasteiger partial charge in [0, 0.05) is 0 Å². The Balaban J connectivity index is 1.91. The molecule has 1 unspecified atom stereocenters. The summed E-state index contributed by atoms with van der Waals surface area (Å²) in [7, 11) is 0. The van der Waals surface area contributed by atoms with Crippen molar-refractivity contribution in [3.63, 3.8) is 0 Å². The van der Waals surface area contributed by atoms with Crippen molar-refractivity contribution in [3.8, 4) is 0 Å². The molecule has 0 bridgehead atoms. The number of hydrogen-bond donors (Lipinski definition) is 2. The highest BCUT2D eigenvalue weighted by atomic mass is 19.1. The van der Waals surface area contributed by atoms with Gasteiger partial charge in [-0.05, 0) is 42.5 Å². The van der Waals surface area contributed by atoms with Crippen LogP contribution in [0.3, 0.4) is 0 Å². The van der Waals surface area contributed by atoms with Crippen molar-refractivity contribution >= 4 is 11.4 Å². The quantitative estimate of drug-likeness (QED) is 0.800. The Morgan fingerprint density at radius 1 is 1.11 bits per heavy atom. The summed E-state index contributed by atoms with van der Waals surface area (Å²) >= 11 is 0. The number of nitrogens with one attached hydrogen (secondary N) is 1. The van der Waals surface area contributed by atoms with Gasteiger partial charge in [0.25, 0.3) is 0 Å². The van der Waals surface area contributed by atoms with E-state index in [1.54, 1.807) is 6.07 Å². The smallest absolute Gasteiger partial charge is 0.148 e. The number of aryl methyl sites for hydroxylation is 1. The van der Waals surface area contributed by atoms with Gasteiger partial charge in [-0.15, -0.1) is 0 Å². The number of nitrogens with two attached hydrogens (primary N) is 1. The lowest BCUT2D eigenvalue weighted by Gasteiger charge is -2.27. The molecule has 0 heterocycles. The monoisotopic (exact) mass is 256 g/mol. The third-order valence-corrected chi connectivity index (χ3v) is 3.75. The van der Waals surface area contributed by atoms with Gasteiger partial charge in [-0.2, -0.15) is 0 Å². The van der Waals surface area contributed by atoms with Gasteiger partial charge >= 0.3 is 0 Å². The van der Waals surface area contributed by atoms with Crippen molar-refractivity contribution in [1.29, 1.82) is 0 Å². The van der Waals surface area contributed by atoms with Gasteiger partial charge in [0.2, 0.25) is 0 Å². The number of hydrogen-bond acceptors (Lipinski definition) is 2. The summed E-state index contributed by atoms with van der Waals surface area (Å²) in [6, 6.07) is 13.5. The van der Waals surface area contributed by atoms with E-state index in [1.807, 2.05) is 12.1 Å². The summed E-state index contributed by atoms with van der Waals surface area (Å²) in [5, 5.41) is 3.38. The third-order valence-electron chi connectivity index (χ3n) is 3.75. The molecule has 2 nitrogen and oxygen atoms in total. The summed E-state index contributed by atoms with van der Waals surface area (Å²) < 4.78 is 13.5. The van der Waals surface area contributed by atoms with Crippen molar-refractivity contribution in [2.45, 2.75) is 25.3 Å². The maximum Gasteiger partial charge on any atom is 0.148 e. The molecule has 0 radical (unpaired) electrons. The topological polar surface area (TPSA) is 38.0 Å². The van der Waals surface area contributed by atoms with Gasteiger partial charge in [-0.25, -0.2) is 4.39 Å². The molecule has 1 aliphatic rings. The predicted molar refractivity (Wildman–Crippen MR) is 76.6 cm³/mol. The average Bonchev–Trinajstić information content (AvgIpc) is 2.44. The largest absolute Gasteiger partial charge is 0.395 e. The van der Waals surface area contributed by atoms with Gasteiger partial charge in [-0.3, -0.25) is 0 Å². The van der Waals surface area contributed by atoms with Crippen LogP contribution < -0.4 is 11.1 Å². The average molecular weight is 256 g/mol. The number of rotatable bonds is 2. The molecular formula is C16H17FN2. The van der Waals surface area contributed by atoms with Gasteiger partial charge in [0.05, 0.1) is 17.4 Å². The maximum atomic E-state index is 13.5. The summed E-state index contributed by atoms with van der Waals surface area (Å²) in [4.78, 5) is 0. The van der Waals surface area contributed by atoms with E-state index in [4.69, 9.17) is 5.73 Å². The first kappa shape index (κ1) is 12.0. The molecule has 2 aromatic rings. The molecule has 0 spiro atoms. The molecule has 0 aromatic heterocycles. The fourth-order valence-electron chi connectivity index (χ4n) is 2.75. The number of nitrogen functional groups attached to an aromatic ring is 1. The normalized spacial score (nSPS) is 17.8. The highest BCUT2D eigenvalue weighted by molar-refractivity contribution is 5.67. The van der Waals surface area contributed by atoms with E-state index in [0.29, 0.717) is 5.69 Å². The lowest BCUT2D eigenvalue weighted by Crippen LogP contribution is -2.18. The lowest BCUT2D eigenvalue weighted by atomic mass is 9.87. The van der Waals surface area contributed by atoms with Crippen LogP contribution in [0.25, 0.3) is 0 Å². The Labute approximate surface area is 112 Å². The van der Waals surface area contributed by atoms with Crippen molar-refractivity contribution in [1.82, 2.24) is 0 Å². The van der Waals surface area contributed by atoms with E-state index < -0.39 is 0 Å². The van der Waals surface area contributed by atoms with E-state index in [2.05, 4.69) is 23.5 Å². The van der Waals surface area contributed by atoms with Crippen LogP contribution >= 0.6 is 0 Å². The van der Waals surface area contributed by atoms with Crippen LogP contribution in [-0.2, 0) is 6.42 Å². The van der Waals surface area contributed by atoms with Crippen LogP contribution in [-0.4, -0.2) is 0 Å². The minimum absolute atomic E-state index is 0.200. The van der Waals surface area contributed by atoms with E-state index in [9.17, 15) is 4.39 Å². The number of benzene rings is 2. The van der Waals surface area contributed by atoms with Crippen LogP contribution in [0, 0.1) is 5.82 Å². The zero-order chi connectivity index (χ0) is 13.2. The molecule has 0 amide bonds. The number of para-hydroxylation sites is 1. The second kappa shape index (κ2) is 4.92. The Morgan fingerprint density at radius 2 is 1.95 bits per heavy atom. The summed E-state index contributed by atoms with van der Waals surface area (Å²) in [5.41, 5.74) is 9.34. The second-order valence-electron chi connectivity index (χ2n) is 4.99. The van der Waals surface area contributed by atoms with E-state index in [0.717, 1.165) is 19.3 Å². The second-order valence-corrected chi connectivity index (χ2v) is 4.99. The fourth-order valence-corrected chi connectivity index (χ4v) is 2.75. The van der Waals surface area contributed by atoms with Crippen LogP contribution in [0.1, 0.15) is 30.0 Å². The van der Waals surface area contributed by atoms with Gasteiger partial charge in [0.15, 0.2) is 0 Å². The molecule has 0 aliphatic heterocycles. The minimum atomic E-state index is -0.367. The fraction of sp³-hybridized carbons (Fsp3) is 0.250. The lowest BCUT2D eigenvalue weighted by molar-refractivity contribution is 0.598. The summed E-state index contributed by atoms with van der Waals surface area (Å²) in [5.74, 6) is -0.367. The molecule has 1 atom stereocenters. The van der Waals surface area contributed by atoms with Gasteiger partial charge < -0.3 is 11.1 Å². The molecule has 19 heavy (non-hydrogen) atoms. The molecule has 2 aromatic carbocycles. The van der Waals surface area contributed by atoms with Crippen molar-refractivity contribution < 1.29 is 4.39 Å². The van der Waals surface area contributed by atoms with Crippen molar-refractivity contribution in [2.75, 3.05) is 11.1 Å². The first-order valence-corrected chi connectivity index (χ1v) is 6.64. The Hall–Kier alpha value is -2.03. The highest BCUT2D eigenvalue weighted by Gasteiger charge is 2.20. The maximum absolute atomic E-state index is 13.5. The molecule has 0 fully saturated rings. The first-order chi connectivity index (χ1) is 9.25. The first-order valence-electron chi connectivity index (χ1n) is 6.64. The third kappa shape index (κ3) is 2.28. The standard InChI is InChI=1S/C16H17FN2/c17-13-8-4-10-15(16(13)18)19-14-9-3-6-11-5-1-2-7-12(11)14/h1-2,4-5,7-8,10,14,19H,3,6,9,18H2. The molecule has 0 saturated carbocycles. The molecule has 3 N–H and O–H groups in total. The Bertz CT molecular complexity index is 595. The summed E-state index contributed by atoms with van der Waals surface area (Å²) in [6.07, 6.45) is 3.31. The Morgan fingerprint density at radius 3 is 2.84 bits per heavy atom. The molecular weight excluding hydrogens is 239 g/mol. The van der Waals surface area contributed by atoms with E-state index in [-0.39, 0.29) is 17.5 Å². The van der Waals surface area contributed by atoms with E-state index in [1.165, 1.54) is 17.2 Å². The van der Waals surface area contributed by atoms with Crippen molar-refractivity contribution in [2.24, 2.45) is 0 Å². The zero-order valence-corrected chi connectivity index (χ0v) is 10.7. The summed E-state index contributed by atoms with van der Waals surface area (Å²) in [6.45, 7) is 0. The van der Waals surface area contributed by atoms with Crippen LogP contribution in [0.4, 0.5) is 15.8 Å². The highest BCUT2D eigenvalue weighted by Crippen LogP contribution is 2.34. The minimum Gasteiger partial charge on any atom is -0.395 e. The molecule has 98 valence electrons. The predicted octanol–water partition coefficient (Wildman–Crippen LogP) is 3.90. The number of halogens is 1. The van der Waals surface area contributed by atoms with Crippen LogP contribution in [0.2, 0.25) is 0 Å². The van der Waals surface area contributed by atoms with Crippen molar-refractivity contribution in [3.05, 3.63) is 59.4 Å². The molecule has 0 saturated heterocycles.